The van der Waals surface area contributed by atoms with Crippen molar-refractivity contribution in [1.82, 2.24) is 70.5 Å². The van der Waals surface area contributed by atoms with E-state index >= 15 is 0 Å². The number of aliphatic hydroxyl groups excluding tert-OH is 1. The molecule has 8 aliphatic heterocycles. The van der Waals surface area contributed by atoms with E-state index in [0.29, 0.717) is 89.0 Å². The number of aromatic nitrogens is 14. The molecule has 0 atom stereocenters. The van der Waals surface area contributed by atoms with Crippen molar-refractivity contribution in [2.45, 2.75) is 234 Å². The molecule has 8 aliphatic rings. The molecule has 0 amide bonds. The Kier molecular flexibility index (Phi) is 44.3. The highest BCUT2D eigenvalue weighted by molar-refractivity contribution is 6.29. The van der Waals surface area contributed by atoms with Crippen molar-refractivity contribution in [2.75, 3.05) is 164 Å². The van der Waals surface area contributed by atoms with Crippen molar-refractivity contribution < 1.29 is 52.4 Å². The summed E-state index contributed by atoms with van der Waals surface area (Å²) in [6, 6.07) is 45.3. The molecule has 776 valence electrons. The Labute approximate surface area is 859 Å². The van der Waals surface area contributed by atoms with E-state index < -0.39 is 0 Å². The molecule has 2 aromatic carbocycles. The third-order valence-electron chi connectivity index (χ3n) is 26.7. The molecular formula is C109H150Cl2N22O11. The summed E-state index contributed by atoms with van der Waals surface area (Å²) in [6.07, 6.45) is 35.5. The summed E-state index contributed by atoms with van der Waals surface area (Å²) in [5.74, 6) is 14.6. The number of aromatic hydroxyl groups is 2. The van der Waals surface area contributed by atoms with Crippen LogP contribution in [0.4, 0.5) is 47.3 Å². The fraction of sp³-hybridized carbons (Fsp3) is 0.541. The molecule has 0 bridgehead atoms. The van der Waals surface area contributed by atoms with E-state index in [0.717, 1.165) is 238 Å². The molecule has 0 unspecified atom stereocenters. The lowest BCUT2D eigenvalue weighted by Gasteiger charge is -2.30. The Morgan fingerprint density at radius 3 is 0.812 bits per heavy atom. The van der Waals surface area contributed by atoms with E-state index in [9.17, 15) is 0 Å². The van der Waals surface area contributed by atoms with Crippen molar-refractivity contribution in [1.29, 1.82) is 0 Å². The highest BCUT2D eigenvalue weighted by Crippen LogP contribution is 2.33. The van der Waals surface area contributed by atoms with Gasteiger partial charge in [0.05, 0.1) is 50.4 Å². The molecule has 144 heavy (non-hydrogen) atoms. The number of aliphatic hydroxyl groups is 1. The first kappa shape index (κ1) is 109. The minimum Gasteiger partial charge on any atom is -0.506 e. The van der Waals surface area contributed by atoms with Gasteiger partial charge in [0.1, 0.15) is 81.3 Å². The fourth-order valence-corrected chi connectivity index (χ4v) is 17.7. The predicted octanol–water partition coefficient (Wildman–Crippen LogP) is 22.2. The lowest BCUT2D eigenvalue weighted by atomic mass is 9.95. The number of hydrogen-bond donors (Lipinski definition) is 3. The molecule has 20 rings (SSSR count). The van der Waals surface area contributed by atoms with Crippen LogP contribution in [0.1, 0.15) is 255 Å². The number of hydrogen-bond acceptors (Lipinski definition) is 33. The Balaban J connectivity index is 0.000000141. The number of halogens is 2. The Bertz CT molecular complexity index is 5250. The molecular weight excluding hydrogens is 1860 g/mol. The second kappa shape index (κ2) is 58.6. The van der Waals surface area contributed by atoms with Gasteiger partial charge in [0.25, 0.3) is 0 Å². The summed E-state index contributed by atoms with van der Waals surface area (Å²) in [7, 11) is 0. The molecule has 10 aromatic heterocycles. The molecule has 18 heterocycles. The van der Waals surface area contributed by atoms with Gasteiger partial charge in [-0.05, 0) is 236 Å². The summed E-state index contributed by atoms with van der Waals surface area (Å²) < 4.78 is 44.7. The van der Waals surface area contributed by atoms with Crippen LogP contribution in [0.5, 0.6) is 34.5 Å². The van der Waals surface area contributed by atoms with Crippen LogP contribution in [0.3, 0.4) is 0 Å². The summed E-state index contributed by atoms with van der Waals surface area (Å²) in [5.41, 5.74) is 2.31. The number of nitrogens with zero attached hydrogens (tertiary/aromatic N) is 22. The van der Waals surface area contributed by atoms with Crippen LogP contribution in [-0.2, 0) is 13.2 Å². The van der Waals surface area contributed by atoms with Crippen LogP contribution in [0, 0.1) is 23.7 Å². The van der Waals surface area contributed by atoms with E-state index in [4.69, 9.17) is 75.6 Å². The van der Waals surface area contributed by atoms with Gasteiger partial charge in [-0.3, -0.25) is 0 Å². The van der Waals surface area contributed by atoms with Gasteiger partial charge in [-0.1, -0.05) is 173 Å². The van der Waals surface area contributed by atoms with Crippen LogP contribution in [0.2, 0.25) is 10.3 Å². The van der Waals surface area contributed by atoms with Crippen LogP contribution in [0.15, 0.2) is 189 Å². The second-order valence-corrected chi connectivity index (χ2v) is 39.9. The molecule has 8 saturated heterocycles. The molecule has 0 aliphatic carbocycles. The largest absolute Gasteiger partial charge is 0.506 e. The number of ether oxygens (including phenoxy) is 4. The lowest BCUT2D eigenvalue weighted by molar-refractivity contribution is 0.200. The Morgan fingerprint density at radius 2 is 0.562 bits per heavy atom. The average Bonchev–Trinajstić information content (AvgIpc) is 1.69. The molecule has 0 spiro atoms. The van der Waals surface area contributed by atoms with E-state index in [-0.39, 0.29) is 18.1 Å². The third kappa shape index (κ3) is 36.1. The van der Waals surface area contributed by atoms with Crippen molar-refractivity contribution in [3.8, 4) is 34.5 Å². The topological polar surface area (TPSA) is 357 Å². The molecule has 35 heteroatoms. The van der Waals surface area contributed by atoms with E-state index in [1.54, 1.807) is 24.4 Å². The first-order valence-electron chi connectivity index (χ1n) is 52.2. The minimum atomic E-state index is 0.134. The van der Waals surface area contributed by atoms with Crippen LogP contribution in [0.25, 0.3) is 0 Å². The van der Waals surface area contributed by atoms with Gasteiger partial charge in [0.15, 0.2) is 23.3 Å². The minimum absolute atomic E-state index is 0.134. The van der Waals surface area contributed by atoms with Crippen molar-refractivity contribution >= 4 is 70.5 Å². The van der Waals surface area contributed by atoms with E-state index in [1.807, 2.05) is 93.1 Å². The first-order valence-corrected chi connectivity index (χ1v) is 52.9. The van der Waals surface area contributed by atoms with Gasteiger partial charge in [-0.25, -0.2) is 29.9 Å². The van der Waals surface area contributed by atoms with Crippen molar-refractivity contribution in [2.24, 2.45) is 23.7 Å². The summed E-state index contributed by atoms with van der Waals surface area (Å²) >= 11 is 11.1. The standard InChI is InChI=1S/2C21H31N5O2.C17H20N2O.C12H10ClNO.C12H21N3O.C11H19N3O2.C10H14N2O.C5H4ClNO/c2*1-16(2)20-23-21(28-24-20)26-12-8-17(9-13-26)15-27-18-6-7-19(22-14-18)25-10-4-3-5-11-25;1-3-7-15(8-4-1)14-20-16-9-10-17(18-13-16)19-11-5-2-6-12-19;13-12-7-6-11(8-14-12)15-9-10-4-2-1-3-5-10;1-4-10-5-7-15(8-6-10)12-13-11(9(2)3)14-16-12;1-8(2)10-12-11(16-13-10)14-5-3-9(7-15)4-6-14;13-9-4-5-10(11-8-9)12-6-2-1-3-7-12;6-5-2-1-4(8)3-7-5/h2*6-7,14,16-17H,3-5,8-13,15H2,1-2H3;1,3-4,7-10,13H,2,5-6,11-12,14H2;1-8H,9H2;9-10H,4-8H2,1-3H3;8-9,15H,3-7H2,1-2H3;4-5,8,13H,1-3,6-7H2;1-3,8H. The first-order chi connectivity index (χ1) is 70.2. The second-order valence-electron chi connectivity index (χ2n) is 39.1. The highest BCUT2D eigenvalue weighted by Gasteiger charge is 2.30. The highest BCUT2D eigenvalue weighted by atomic mass is 35.5. The molecule has 33 nitrogen and oxygen atoms in total. The Hall–Kier alpha value is -12.4. The average molecular weight is 2020 g/mol. The zero-order valence-corrected chi connectivity index (χ0v) is 87.2. The van der Waals surface area contributed by atoms with Gasteiger partial charge in [0, 0.05) is 135 Å². The summed E-state index contributed by atoms with van der Waals surface area (Å²) in [6.45, 7) is 38.2. The molecule has 0 radical (unpaired) electrons. The van der Waals surface area contributed by atoms with Gasteiger partial charge in [-0.2, -0.15) is 19.9 Å². The summed E-state index contributed by atoms with van der Waals surface area (Å²) in [4.78, 5) is 61.3. The van der Waals surface area contributed by atoms with Crippen LogP contribution >= 0.6 is 23.2 Å². The Morgan fingerprint density at radius 1 is 0.299 bits per heavy atom. The normalized spacial score (nSPS) is 16.6. The molecule has 0 saturated carbocycles. The molecule has 3 N–H and O–H groups in total. The number of anilines is 8. The van der Waals surface area contributed by atoms with Crippen LogP contribution in [-0.4, -0.2) is 210 Å². The molecule has 12 aromatic rings. The number of pyridine rings is 6. The predicted molar refractivity (Wildman–Crippen MR) is 566 cm³/mol. The maximum Gasteiger partial charge on any atom is 0.324 e. The monoisotopic (exact) mass is 2010 g/mol. The van der Waals surface area contributed by atoms with Crippen LogP contribution < -0.4 is 58.1 Å². The number of piperidine rings is 8. The van der Waals surface area contributed by atoms with Crippen molar-refractivity contribution in [3.63, 3.8) is 0 Å². The zero-order chi connectivity index (χ0) is 101. The SMILES string of the molecule is CC(C)c1noc(N2CCC(CO)CC2)n1.CC(C)c1noc(N2CCC(COc3ccc(N4CCCCC4)nc3)CC2)n1.CC(C)c1noc(N2CCC(COc3ccc(N4CCCCC4)nc3)CC2)n1.CCC1CCN(c2nc(C(C)C)no2)CC1.Clc1ccc(OCc2ccccc2)cn1.Oc1ccc(Cl)nc1.Oc1ccc(N2CCCCC2)nc1.c1ccc(COc2ccc(N3CCCCC3)nc2)cc1. The third-order valence-corrected chi connectivity index (χ3v) is 27.1. The number of benzene rings is 2. The van der Waals surface area contributed by atoms with Gasteiger partial charge in [-0.15, -0.1) is 0 Å². The number of rotatable bonds is 26. The zero-order valence-electron chi connectivity index (χ0n) is 85.7. The maximum absolute atomic E-state index is 9.07. The maximum atomic E-state index is 9.07. The van der Waals surface area contributed by atoms with Gasteiger partial charge >= 0.3 is 24.1 Å². The van der Waals surface area contributed by atoms with Gasteiger partial charge in [0.2, 0.25) is 0 Å². The fourth-order valence-electron chi connectivity index (χ4n) is 17.5. The van der Waals surface area contributed by atoms with Gasteiger partial charge < -0.3 is 91.6 Å². The van der Waals surface area contributed by atoms with E-state index in [2.05, 4.69) is 201 Å². The van der Waals surface area contributed by atoms with E-state index in [1.165, 1.54) is 126 Å². The smallest absolute Gasteiger partial charge is 0.324 e. The molecule has 8 fully saturated rings. The summed E-state index contributed by atoms with van der Waals surface area (Å²) in [5, 5.41) is 43.7. The lowest BCUT2D eigenvalue weighted by Crippen LogP contribution is -2.35. The van der Waals surface area contributed by atoms with Crippen molar-refractivity contribution in [3.05, 3.63) is 215 Å². The quantitative estimate of drug-likeness (QED) is 0.0424.